The van der Waals surface area contributed by atoms with Crippen molar-refractivity contribution in [2.75, 3.05) is 26.5 Å². The van der Waals surface area contributed by atoms with E-state index in [0.717, 1.165) is 19.2 Å². The zero-order valence-corrected chi connectivity index (χ0v) is 15.0. The fourth-order valence-electron chi connectivity index (χ4n) is 4.13. The Kier molecular flexibility index (Phi) is 3.60. The second-order valence-electron chi connectivity index (χ2n) is 6.99. The van der Waals surface area contributed by atoms with Crippen LogP contribution < -0.4 is 0 Å². The molecule has 0 bridgehead atoms. The van der Waals surface area contributed by atoms with Gasteiger partial charge in [-0.2, -0.15) is 8.42 Å². The number of hydrogen-bond donors (Lipinski definition) is 1. The monoisotopic (exact) mass is 346 g/mol. The van der Waals surface area contributed by atoms with E-state index in [1.165, 1.54) is 33.3 Å². The molecule has 0 radical (unpaired) electrons. The van der Waals surface area contributed by atoms with Crippen molar-refractivity contribution < 1.29 is 12.6 Å². The van der Waals surface area contributed by atoms with E-state index in [4.69, 9.17) is 4.18 Å². The first-order valence-electron chi connectivity index (χ1n) is 8.20. The summed E-state index contributed by atoms with van der Waals surface area (Å²) < 4.78 is 27.6. The van der Waals surface area contributed by atoms with E-state index in [2.05, 4.69) is 48.1 Å². The maximum absolute atomic E-state index is 11.3. The minimum Gasteiger partial charge on any atom is -0.358 e. The minimum absolute atomic E-state index is 0.0767. The molecular formula is C18H22N2O3S. The molecule has 1 N–H and O–H groups in total. The molecule has 0 fully saturated rings. The van der Waals surface area contributed by atoms with Crippen molar-refractivity contribution in [1.29, 1.82) is 0 Å². The van der Waals surface area contributed by atoms with Crippen molar-refractivity contribution in [3.63, 3.8) is 0 Å². The Morgan fingerprint density at radius 2 is 2.17 bits per heavy atom. The number of hydrogen-bond acceptors (Lipinski definition) is 4. The van der Waals surface area contributed by atoms with Gasteiger partial charge in [-0.15, -0.1) is 0 Å². The molecule has 6 heteroatoms. The van der Waals surface area contributed by atoms with Gasteiger partial charge in [0.15, 0.2) is 0 Å². The van der Waals surface area contributed by atoms with Crippen LogP contribution in [-0.2, 0) is 20.7 Å². The van der Waals surface area contributed by atoms with Crippen LogP contribution in [-0.4, -0.2) is 50.8 Å². The van der Waals surface area contributed by atoms with Gasteiger partial charge in [0, 0.05) is 35.1 Å². The third kappa shape index (κ3) is 2.59. The van der Waals surface area contributed by atoms with Crippen molar-refractivity contribution in [2.45, 2.75) is 19.4 Å². The molecule has 2 aromatic rings. The Labute approximate surface area is 142 Å². The number of aromatic nitrogens is 1. The van der Waals surface area contributed by atoms with E-state index in [1.807, 2.05) is 0 Å². The number of likely N-dealkylation sites (N-methyl/N-ethyl adjacent to an activating group) is 1. The highest BCUT2D eigenvalue weighted by atomic mass is 32.2. The van der Waals surface area contributed by atoms with E-state index >= 15 is 0 Å². The third-order valence-electron chi connectivity index (χ3n) is 5.17. The average Bonchev–Trinajstić information content (AvgIpc) is 2.83. The number of nitrogens with one attached hydrogen (secondary N) is 1. The maximum atomic E-state index is 11.3. The molecule has 0 saturated carbocycles. The van der Waals surface area contributed by atoms with E-state index < -0.39 is 10.1 Å². The number of aryl methyl sites for hydroxylation is 1. The van der Waals surface area contributed by atoms with Crippen molar-refractivity contribution in [1.82, 2.24) is 9.88 Å². The predicted molar refractivity (Wildman–Crippen MR) is 95.4 cm³/mol. The second kappa shape index (κ2) is 5.44. The molecule has 128 valence electrons. The van der Waals surface area contributed by atoms with Crippen LogP contribution in [0.1, 0.15) is 16.8 Å². The van der Waals surface area contributed by atoms with E-state index in [9.17, 15) is 8.42 Å². The van der Waals surface area contributed by atoms with Crippen molar-refractivity contribution in [3.8, 4) is 0 Å². The first-order chi connectivity index (χ1) is 11.3. The lowest BCUT2D eigenvalue weighted by molar-refractivity contribution is 0.197. The lowest BCUT2D eigenvalue weighted by Gasteiger charge is -2.40. The van der Waals surface area contributed by atoms with Crippen molar-refractivity contribution >= 4 is 26.6 Å². The van der Waals surface area contributed by atoms with Gasteiger partial charge in [-0.25, -0.2) is 0 Å². The van der Waals surface area contributed by atoms with Gasteiger partial charge in [0.05, 0.1) is 12.9 Å². The Bertz CT molecular complexity index is 943. The van der Waals surface area contributed by atoms with Gasteiger partial charge >= 0.3 is 0 Å². The molecule has 0 amide bonds. The highest BCUT2D eigenvalue weighted by molar-refractivity contribution is 7.85. The minimum atomic E-state index is -3.41. The van der Waals surface area contributed by atoms with Gasteiger partial charge in [0.1, 0.15) is 0 Å². The van der Waals surface area contributed by atoms with Gasteiger partial charge in [-0.1, -0.05) is 18.2 Å². The molecule has 4 rings (SSSR count). The molecule has 1 aliphatic heterocycles. The third-order valence-corrected chi connectivity index (χ3v) is 5.74. The molecule has 2 aliphatic rings. The normalized spacial score (nSPS) is 24.0. The Balaban J connectivity index is 1.78. The number of nitrogens with zero attached hydrogens (tertiary/aromatic N) is 1. The number of benzene rings is 1. The van der Waals surface area contributed by atoms with E-state index in [0.29, 0.717) is 6.04 Å². The Hall–Kier alpha value is -1.63. The fourth-order valence-corrected chi connectivity index (χ4v) is 4.56. The summed E-state index contributed by atoms with van der Waals surface area (Å²) in [7, 11) is -1.30. The van der Waals surface area contributed by atoms with Crippen LogP contribution in [0.5, 0.6) is 0 Å². The van der Waals surface area contributed by atoms with Gasteiger partial charge in [0.25, 0.3) is 10.1 Å². The summed E-state index contributed by atoms with van der Waals surface area (Å²) in [5.74, 6) is 0.0767. The summed E-state index contributed by atoms with van der Waals surface area (Å²) in [5.41, 5.74) is 6.38. The summed E-state index contributed by atoms with van der Waals surface area (Å²) in [5, 5.41) is 1.32. The standard InChI is InChI=1S/C18H22N2O3S/c1-11-14-8-17-15(13-5-4-6-16(19-11)18(13)14)7-12(9-20(17)2)10-23-24(3,21)22/h4-7,12,17,19H,8-10H2,1-3H3/t12-,17-/m1/s1. The summed E-state index contributed by atoms with van der Waals surface area (Å²) in [6.07, 6.45) is 4.31. The van der Waals surface area contributed by atoms with Gasteiger partial charge in [0.2, 0.25) is 0 Å². The lowest BCUT2D eigenvalue weighted by Crippen LogP contribution is -2.43. The largest absolute Gasteiger partial charge is 0.358 e. The average molecular weight is 346 g/mol. The zero-order valence-electron chi connectivity index (χ0n) is 14.2. The van der Waals surface area contributed by atoms with Crippen LogP contribution in [0.25, 0.3) is 16.5 Å². The lowest BCUT2D eigenvalue weighted by atomic mass is 9.79. The number of aromatic amines is 1. The molecule has 1 aliphatic carbocycles. The molecule has 2 atom stereocenters. The van der Waals surface area contributed by atoms with Crippen LogP contribution in [0.2, 0.25) is 0 Å². The van der Waals surface area contributed by atoms with E-state index in [-0.39, 0.29) is 12.5 Å². The van der Waals surface area contributed by atoms with Crippen LogP contribution in [0, 0.1) is 12.8 Å². The van der Waals surface area contributed by atoms with Crippen LogP contribution in [0.4, 0.5) is 0 Å². The predicted octanol–water partition coefficient (Wildman–Crippen LogP) is 2.32. The molecule has 0 saturated heterocycles. The van der Waals surface area contributed by atoms with Gasteiger partial charge in [-0.3, -0.25) is 9.08 Å². The first-order valence-corrected chi connectivity index (χ1v) is 10.0. The SMILES string of the molecule is Cc1[nH]c2cccc3c2c1C[C@@H]1C3=C[C@@H](COS(C)(=O)=O)CN1C. The second-order valence-corrected chi connectivity index (χ2v) is 8.63. The highest BCUT2D eigenvalue weighted by Crippen LogP contribution is 2.41. The molecule has 5 nitrogen and oxygen atoms in total. The molecule has 24 heavy (non-hydrogen) atoms. The smallest absolute Gasteiger partial charge is 0.264 e. The quantitative estimate of drug-likeness (QED) is 0.867. The molecular weight excluding hydrogens is 324 g/mol. The van der Waals surface area contributed by atoms with Crippen LogP contribution in [0.15, 0.2) is 24.3 Å². The maximum Gasteiger partial charge on any atom is 0.264 e. The van der Waals surface area contributed by atoms with Crippen LogP contribution in [0.3, 0.4) is 0 Å². The first kappa shape index (κ1) is 15.9. The molecule has 0 spiro atoms. The Morgan fingerprint density at radius 3 is 2.92 bits per heavy atom. The van der Waals surface area contributed by atoms with Gasteiger partial charge in [-0.05, 0) is 43.2 Å². The molecule has 1 aromatic carbocycles. The fraction of sp³-hybridized carbons (Fsp3) is 0.444. The molecule has 0 unspecified atom stereocenters. The van der Waals surface area contributed by atoms with Crippen molar-refractivity contribution in [3.05, 3.63) is 41.1 Å². The zero-order chi connectivity index (χ0) is 17.1. The molecule has 1 aromatic heterocycles. The summed E-state index contributed by atoms with van der Waals surface area (Å²) >= 11 is 0. The Morgan fingerprint density at radius 1 is 1.38 bits per heavy atom. The summed E-state index contributed by atoms with van der Waals surface area (Å²) in [4.78, 5) is 5.81. The molecule has 2 heterocycles. The summed E-state index contributed by atoms with van der Waals surface area (Å²) in [6, 6.07) is 6.71. The van der Waals surface area contributed by atoms with E-state index in [1.54, 1.807) is 0 Å². The summed E-state index contributed by atoms with van der Waals surface area (Å²) in [6.45, 7) is 3.15. The van der Waals surface area contributed by atoms with Crippen LogP contribution >= 0.6 is 0 Å². The topological polar surface area (TPSA) is 62.4 Å². The van der Waals surface area contributed by atoms with Crippen molar-refractivity contribution in [2.24, 2.45) is 5.92 Å². The number of fused-ring (bicyclic) bond motifs is 2. The number of rotatable bonds is 3. The van der Waals surface area contributed by atoms with Gasteiger partial charge < -0.3 is 4.98 Å². The number of H-pyrrole nitrogens is 1. The highest BCUT2D eigenvalue weighted by Gasteiger charge is 2.34.